The summed E-state index contributed by atoms with van der Waals surface area (Å²) in [7, 11) is 0. The van der Waals surface area contributed by atoms with Crippen molar-refractivity contribution in [3.63, 3.8) is 0 Å². The molecule has 0 aliphatic carbocycles. The first-order valence-corrected chi connectivity index (χ1v) is 6.54. The molecule has 0 fully saturated rings. The van der Waals surface area contributed by atoms with Crippen molar-refractivity contribution in [3.05, 3.63) is 34.7 Å². The van der Waals surface area contributed by atoms with E-state index in [1.54, 1.807) is 12.2 Å². The predicted octanol–water partition coefficient (Wildman–Crippen LogP) is 0.761. The Morgan fingerprint density at radius 1 is 1.57 bits per heavy atom. The lowest BCUT2D eigenvalue weighted by molar-refractivity contribution is -0.147. The van der Waals surface area contributed by atoms with E-state index in [1.165, 1.54) is 0 Å². The number of ether oxygens (including phenoxy) is 2. The first kappa shape index (κ1) is 15.2. The van der Waals surface area contributed by atoms with Gasteiger partial charge < -0.3 is 15.2 Å². The molecule has 0 aromatic carbocycles. The van der Waals surface area contributed by atoms with Gasteiger partial charge in [-0.1, -0.05) is 13.0 Å². The summed E-state index contributed by atoms with van der Waals surface area (Å²) in [6.07, 6.45) is 3.91. The van der Waals surface area contributed by atoms with Crippen LogP contribution in [0.3, 0.4) is 0 Å². The summed E-state index contributed by atoms with van der Waals surface area (Å²) < 4.78 is 24.8. The fraction of sp³-hybridized carbons (Fsp3) is 0.462. The second-order valence-electron chi connectivity index (χ2n) is 4.55. The lowest BCUT2D eigenvalue weighted by atomic mass is 10.3. The largest absolute Gasteiger partial charge is 0.463 e. The number of carbonyl (C=O) groups is 1. The van der Waals surface area contributed by atoms with E-state index < -0.39 is 29.7 Å². The summed E-state index contributed by atoms with van der Waals surface area (Å²) in [5.41, 5.74) is 4.49. The quantitative estimate of drug-likeness (QED) is 0.636. The molecule has 0 saturated heterocycles. The number of rotatable bonds is 5. The second kappa shape index (κ2) is 6.49. The van der Waals surface area contributed by atoms with Crippen LogP contribution in [0, 0.1) is 5.82 Å². The van der Waals surface area contributed by atoms with E-state index >= 15 is 0 Å². The maximum Gasteiger partial charge on any atom is 0.352 e. The van der Waals surface area contributed by atoms with Gasteiger partial charge in [-0.15, -0.1) is 0 Å². The number of nitrogens with zero attached hydrogens (tertiary/aromatic N) is 2. The zero-order valence-corrected chi connectivity index (χ0v) is 11.5. The Balaban J connectivity index is 1.97. The first-order chi connectivity index (χ1) is 10.0. The average Bonchev–Trinajstić information content (AvgIpc) is 2.89. The van der Waals surface area contributed by atoms with Crippen LogP contribution in [0.2, 0.25) is 0 Å². The Hall–Kier alpha value is -2.22. The molecule has 0 spiro atoms. The molecule has 0 saturated carbocycles. The van der Waals surface area contributed by atoms with Crippen LogP contribution in [-0.4, -0.2) is 28.2 Å². The highest BCUT2D eigenvalue weighted by molar-refractivity contribution is 5.69. The molecular weight excluding hydrogens is 281 g/mol. The third kappa shape index (κ3) is 3.66. The molecule has 114 valence electrons. The van der Waals surface area contributed by atoms with Gasteiger partial charge in [0.15, 0.2) is 17.9 Å². The van der Waals surface area contributed by atoms with E-state index in [0.717, 1.165) is 10.8 Å². The lowest BCUT2D eigenvalue weighted by Gasteiger charge is -2.16. The minimum Gasteiger partial charge on any atom is -0.463 e. The molecule has 0 radical (unpaired) electrons. The Kier molecular flexibility index (Phi) is 4.69. The van der Waals surface area contributed by atoms with Gasteiger partial charge in [-0.05, 0) is 12.5 Å². The number of hydrogen-bond donors (Lipinski definition) is 1. The van der Waals surface area contributed by atoms with Crippen molar-refractivity contribution in [2.45, 2.75) is 32.1 Å². The molecule has 2 heterocycles. The maximum absolute atomic E-state index is 13.4. The molecule has 0 amide bonds. The summed E-state index contributed by atoms with van der Waals surface area (Å²) in [5, 5.41) is 0. The number of carbonyl (C=O) groups excluding carboxylic acids is 1. The molecule has 1 aliphatic rings. The van der Waals surface area contributed by atoms with Crippen LogP contribution in [0.15, 0.2) is 23.1 Å². The van der Waals surface area contributed by atoms with Crippen LogP contribution < -0.4 is 11.4 Å². The van der Waals surface area contributed by atoms with Crippen LogP contribution in [-0.2, 0) is 14.3 Å². The molecular formula is C13H16FN3O4. The molecule has 1 aliphatic heterocycles. The highest BCUT2D eigenvalue weighted by Gasteiger charge is 2.23. The van der Waals surface area contributed by atoms with E-state index in [1.807, 2.05) is 6.92 Å². The van der Waals surface area contributed by atoms with Crippen LogP contribution in [0.1, 0.15) is 26.0 Å². The van der Waals surface area contributed by atoms with E-state index in [2.05, 4.69) is 4.98 Å². The SMILES string of the molecule is CCCC(=O)OC[C@@H]1C=C[C@H](n2cc(F)c(N)nc2=O)O1. The normalized spacial score (nSPS) is 20.7. The van der Waals surface area contributed by atoms with Crippen LogP contribution in [0.4, 0.5) is 10.2 Å². The average molecular weight is 297 g/mol. The molecule has 7 nitrogen and oxygen atoms in total. The number of esters is 1. The molecule has 1 aromatic heterocycles. The standard InChI is InChI=1S/C13H16FN3O4/c1-2-3-11(18)20-7-8-4-5-10(21-8)17-6-9(14)12(15)16-13(17)19/h4-6,8,10H,2-3,7H2,1H3,(H2,15,16,19)/t8-,10+/m0/s1. The van der Waals surface area contributed by atoms with Crippen LogP contribution in [0.25, 0.3) is 0 Å². The molecule has 1 aromatic rings. The zero-order valence-electron chi connectivity index (χ0n) is 11.5. The molecule has 2 rings (SSSR count). The van der Waals surface area contributed by atoms with Gasteiger partial charge in [0.1, 0.15) is 12.7 Å². The molecule has 8 heteroatoms. The van der Waals surface area contributed by atoms with Crippen molar-refractivity contribution in [2.24, 2.45) is 0 Å². The third-order valence-corrected chi connectivity index (χ3v) is 2.88. The van der Waals surface area contributed by atoms with Gasteiger partial charge in [0.05, 0.1) is 6.20 Å². The van der Waals surface area contributed by atoms with Gasteiger partial charge in [-0.3, -0.25) is 9.36 Å². The van der Waals surface area contributed by atoms with E-state index in [0.29, 0.717) is 12.8 Å². The van der Waals surface area contributed by atoms with Crippen molar-refractivity contribution >= 4 is 11.8 Å². The smallest absolute Gasteiger partial charge is 0.352 e. The van der Waals surface area contributed by atoms with E-state index in [9.17, 15) is 14.0 Å². The van der Waals surface area contributed by atoms with Gasteiger partial charge in [0.25, 0.3) is 0 Å². The van der Waals surface area contributed by atoms with Gasteiger partial charge in [-0.2, -0.15) is 4.98 Å². The van der Waals surface area contributed by atoms with Crippen molar-refractivity contribution in [1.29, 1.82) is 0 Å². The van der Waals surface area contributed by atoms with Crippen LogP contribution >= 0.6 is 0 Å². The molecule has 0 bridgehead atoms. The molecule has 2 atom stereocenters. The topological polar surface area (TPSA) is 96.4 Å². The van der Waals surface area contributed by atoms with E-state index in [-0.39, 0.29) is 12.6 Å². The second-order valence-corrected chi connectivity index (χ2v) is 4.55. The van der Waals surface area contributed by atoms with Gasteiger partial charge in [-0.25, -0.2) is 9.18 Å². The Morgan fingerprint density at radius 2 is 2.33 bits per heavy atom. The lowest BCUT2D eigenvalue weighted by Crippen LogP contribution is -2.29. The summed E-state index contributed by atoms with van der Waals surface area (Å²) in [4.78, 5) is 26.3. The number of hydrogen-bond acceptors (Lipinski definition) is 6. The molecule has 21 heavy (non-hydrogen) atoms. The number of halogens is 1. The first-order valence-electron chi connectivity index (χ1n) is 6.54. The molecule has 0 unspecified atom stereocenters. The fourth-order valence-electron chi connectivity index (χ4n) is 1.83. The third-order valence-electron chi connectivity index (χ3n) is 2.88. The number of nitrogen functional groups attached to an aromatic ring is 1. The van der Waals surface area contributed by atoms with Crippen molar-refractivity contribution in [1.82, 2.24) is 9.55 Å². The minimum atomic E-state index is -0.801. The molecule has 2 N–H and O–H groups in total. The number of anilines is 1. The summed E-state index contributed by atoms with van der Waals surface area (Å²) in [6.45, 7) is 1.92. The monoisotopic (exact) mass is 297 g/mol. The van der Waals surface area contributed by atoms with E-state index in [4.69, 9.17) is 15.2 Å². The van der Waals surface area contributed by atoms with Crippen LogP contribution in [0.5, 0.6) is 0 Å². The summed E-state index contributed by atoms with van der Waals surface area (Å²) in [5.74, 6) is -1.57. The Labute approximate surface area is 120 Å². The van der Waals surface area contributed by atoms with Crippen molar-refractivity contribution < 1.29 is 18.7 Å². The minimum absolute atomic E-state index is 0.0471. The highest BCUT2D eigenvalue weighted by atomic mass is 19.1. The summed E-state index contributed by atoms with van der Waals surface area (Å²) in [6, 6.07) is 0. The maximum atomic E-state index is 13.4. The number of nitrogens with two attached hydrogens (primary N) is 1. The predicted molar refractivity (Wildman–Crippen MR) is 71.8 cm³/mol. The Morgan fingerprint density at radius 3 is 3.05 bits per heavy atom. The Bertz CT molecular complexity index is 614. The van der Waals surface area contributed by atoms with Gasteiger partial charge in [0.2, 0.25) is 0 Å². The van der Waals surface area contributed by atoms with Gasteiger partial charge in [0, 0.05) is 6.42 Å². The fourth-order valence-corrected chi connectivity index (χ4v) is 1.83. The van der Waals surface area contributed by atoms with Gasteiger partial charge >= 0.3 is 11.7 Å². The summed E-state index contributed by atoms with van der Waals surface area (Å²) >= 11 is 0. The zero-order chi connectivity index (χ0) is 15.4. The highest BCUT2D eigenvalue weighted by Crippen LogP contribution is 2.20. The van der Waals surface area contributed by atoms with Crippen molar-refractivity contribution in [2.75, 3.05) is 12.3 Å². The number of aromatic nitrogens is 2. The van der Waals surface area contributed by atoms with Crippen molar-refractivity contribution in [3.8, 4) is 0 Å².